The van der Waals surface area contributed by atoms with Gasteiger partial charge in [0.25, 0.3) is 0 Å². The lowest BCUT2D eigenvalue weighted by Gasteiger charge is -2.41. The number of hydrogen-bond donors (Lipinski definition) is 0. The lowest BCUT2D eigenvalue weighted by atomic mass is 9.64. The van der Waals surface area contributed by atoms with Crippen LogP contribution in [0.4, 0.5) is 0 Å². The van der Waals surface area contributed by atoms with Crippen LogP contribution in [0.2, 0.25) is 0 Å². The van der Waals surface area contributed by atoms with E-state index in [0.29, 0.717) is 0 Å². The molecule has 0 saturated heterocycles. The molecule has 72 valence electrons. The van der Waals surface area contributed by atoms with Crippen molar-refractivity contribution in [3.63, 3.8) is 0 Å². The molecule has 0 spiro atoms. The summed E-state index contributed by atoms with van der Waals surface area (Å²) in [6.45, 7) is 4.95. The van der Waals surface area contributed by atoms with E-state index < -0.39 is 0 Å². The minimum Gasteiger partial charge on any atom is -0.0848 e. The predicted octanol–water partition coefficient (Wildman–Crippen LogP) is 3.49. The van der Waals surface area contributed by atoms with Gasteiger partial charge in [-0.1, -0.05) is 32.4 Å². The molecule has 2 bridgehead atoms. The first-order valence-corrected chi connectivity index (χ1v) is 5.95. The summed E-state index contributed by atoms with van der Waals surface area (Å²) >= 11 is 0. The average Bonchev–Trinajstić information content (AvgIpc) is 2.70. The van der Waals surface area contributed by atoms with Crippen LogP contribution in [0, 0.1) is 35.5 Å². The standard InChI is InChI=1S/C13H20/c1-8-3-6-12-10-4-5-11(7-10)13(12)9(8)2/h4-5,8-13H,3,6-7H2,1-2H3. The number of hydrogen-bond acceptors (Lipinski definition) is 0. The summed E-state index contributed by atoms with van der Waals surface area (Å²) in [6, 6.07) is 0. The van der Waals surface area contributed by atoms with Gasteiger partial charge in [-0.2, -0.15) is 0 Å². The number of allylic oxidation sites excluding steroid dienone is 2. The lowest BCUT2D eigenvalue weighted by molar-refractivity contribution is 0.102. The second-order valence-electron chi connectivity index (χ2n) is 5.60. The summed E-state index contributed by atoms with van der Waals surface area (Å²) in [7, 11) is 0. The Labute approximate surface area is 81.4 Å². The Hall–Kier alpha value is -0.260. The third kappa shape index (κ3) is 0.978. The Morgan fingerprint density at radius 1 is 1.00 bits per heavy atom. The SMILES string of the molecule is CC1CCC2C3C=CC(C3)C2C1C. The number of rotatable bonds is 0. The normalized spacial score (nSPS) is 58.3. The van der Waals surface area contributed by atoms with Gasteiger partial charge in [-0.25, -0.2) is 0 Å². The van der Waals surface area contributed by atoms with Gasteiger partial charge < -0.3 is 0 Å². The minimum absolute atomic E-state index is 0.966. The quantitative estimate of drug-likeness (QED) is 0.496. The van der Waals surface area contributed by atoms with Crippen LogP contribution >= 0.6 is 0 Å². The highest BCUT2D eigenvalue weighted by Gasteiger charge is 2.49. The molecule has 0 aromatic rings. The Bertz CT molecular complexity index is 240. The van der Waals surface area contributed by atoms with E-state index in [4.69, 9.17) is 0 Å². The van der Waals surface area contributed by atoms with Gasteiger partial charge in [0.1, 0.15) is 0 Å². The van der Waals surface area contributed by atoms with Crippen molar-refractivity contribution in [1.82, 2.24) is 0 Å². The zero-order chi connectivity index (χ0) is 9.00. The minimum atomic E-state index is 0.966. The van der Waals surface area contributed by atoms with Crippen LogP contribution in [0.25, 0.3) is 0 Å². The molecule has 0 heteroatoms. The first kappa shape index (κ1) is 8.08. The smallest absolute Gasteiger partial charge is 0.0194 e. The predicted molar refractivity (Wildman–Crippen MR) is 55.3 cm³/mol. The Morgan fingerprint density at radius 2 is 1.77 bits per heavy atom. The molecule has 0 aliphatic heterocycles. The van der Waals surface area contributed by atoms with Crippen LogP contribution in [0.3, 0.4) is 0 Å². The summed E-state index contributed by atoms with van der Waals surface area (Å²) in [5.41, 5.74) is 0. The van der Waals surface area contributed by atoms with E-state index in [2.05, 4.69) is 26.0 Å². The molecule has 3 aliphatic rings. The van der Waals surface area contributed by atoms with Crippen LogP contribution in [-0.4, -0.2) is 0 Å². The molecular weight excluding hydrogens is 156 g/mol. The zero-order valence-electron chi connectivity index (χ0n) is 8.74. The molecular formula is C13H20. The van der Waals surface area contributed by atoms with Gasteiger partial charge >= 0.3 is 0 Å². The van der Waals surface area contributed by atoms with Crippen molar-refractivity contribution in [2.24, 2.45) is 35.5 Å². The Morgan fingerprint density at radius 3 is 2.62 bits per heavy atom. The van der Waals surface area contributed by atoms with Crippen LogP contribution < -0.4 is 0 Å². The van der Waals surface area contributed by atoms with Crippen LogP contribution in [0.5, 0.6) is 0 Å². The summed E-state index contributed by atoms with van der Waals surface area (Å²) in [5, 5.41) is 0. The fourth-order valence-electron chi connectivity index (χ4n) is 4.25. The number of fused-ring (bicyclic) bond motifs is 5. The van der Waals surface area contributed by atoms with Crippen molar-refractivity contribution in [3.8, 4) is 0 Å². The fourth-order valence-corrected chi connectivity index (χ4v) is 4.25. The third-order valence-electron chi connectivity index (χ3n) is 5.15. The highest BCUT2D eigenvalue weighted by atomic mass is 14.5. The largest absolute Gasteiger partial charge is 0.0848 e. The molecule has 3 rings (SSSR count). The second kappa shape index (κ2) is 2.62. The maximum atomic E-state index is 2.51. The Balaban J connectivity index is 1.90. The van der Waals surface area contributed by atoms with E-state index in [-0.39, 0.29) is 0 Å². The van der Waals surface area contributed by atoms with Crippen LogP contribution in [0.1, 0.15) is 33.1 Å². The van der Waals surface area contributed by atoms with Gasteiger partial charge in [0.2, 0.25) is 0 Å². The summed E-state index contributed by atoms with van der Waals surface area (Å²) in [4.78, 5) is 0. The maximum Gasteiger partial charge on any atom is -0.0194 e. The van der Waals surface area contributed by atoms with E-state index in [0.717, 1.165) is 35.5 Å². The molecule has 3 aliphatic carbocycles. The zero-order valence-corrected chi connectivity index (χ0v) is 8.74. The van der Waals surface area contributed by atoms with Crippen molar-refractivity contribution in [2.75, 3.05) is 0 Å². The molecule has 0 aromatic carbocycles. The molecule has 6 unspecified atom stereocenters. The first-order valence-electron chi connectivity index (χ1n) is 5.95. The van der Waals surface area contributed by atoms with Gasteiger partial charge in [0, 0.05) is 0 Å². The van der Waals surface area contributed by atoms with E-state index >= 15 is 0 Å². The molecule has 0 N–H and O–H groups in total. The van der Waals surface area contributed by atoms with Crippen molar-refractivity contribution < 1.29 is 0 Å². The Kier molecular flexibility index (Phi) is 1.63. The topological polar surface area (TPSA) is 0 Å². The summed E-state index contributed by atoms with van der Waals surface area (Å²) in [5.74, 6) is 6.03. The molecule has 0 heterocycles. The van der Waals surface area contributed by atoms with Gasteiger partial charge in [0.15, 0.2) is 0 Å². The van der Waals surface area contributed by atoms with Gasteiger partial charge in [-0.3, -0.25) is 0 Å². The second-order valence-corrected chi connectivity index (χ2v) is 5.60. The van der Waals surface area contributed by atoms with Crippen molar-refractivity contribution in [3.05, 3.63) is 12.2 Å². The van der Waals surface area contributed by atoms with Crippen molar-refractivity contribution in [1.29, 1.82) is 0 Å². The summed E-state index contributed by atoms with van der Waals surface area (Å²) in [6.07, 6.45) is 9.52. The van der Waals surface area contributed by atoms with E-state index in [9.17, 15) is 0 Å². The van der Waals surface area contributed by atoms with Gasteiger partial charge in [0.05, 0.1) is 0 Å². The van der Waals surface area contributed by atoms with Gasteiger partial charge in [-0.15, -0.1) is 0 Å². The lowest BCUT2D eigenvalue weighted by Crippen LogP contribution is -2.34. The molecule has 0 radical (unpaired) electrons. The fraction of sp³-hybridized carbons (Fsp3) is 0.846. The molecule has 0 aromatic heterocycles. The van der Waals surface area contributed by atoms with Crippen LogP contribution in [-0.2, 0) is 0 Å². The van der Waals surface area contributed by atoms with E-state index in [1.807, 2.05) is 0 Å². The van der Waals surface area contributed by atoms with Crippen molar-refractivity contribution in [2.45, 2.75) is 33.1 Å². The highest BCUT2D eigenvalue weighted by molar-refractivity contribution is 5.15. The molecule has 13 heavy (non-hydrogen) atoms. The monoisotopic (exact) mass is 176 g/mol. The highest BCUT2D eigenvalue weighted by Crippen LogP contribution is 2.56. The average molecular weight is 176 g/mol. The molecule has 0 nitrogen and oxygen atoms in total. The van der Waals surface area contributed by atoms with Gasteiger partial charge in [-0.05, 0) is 48.3 Å². The third-order valence-corrected chi connectivity index (χ3v) is 5.15. The molecule has 0 amide bonds. The van der Waals surface area contributed by atoms with E-state index in [1.165, 1.54) is 19.3 Å². The molecule has 2 fully saturated rings. The van der Waals surface area contributed by atoms with Crippen LogP contribution in [0.15, 0.2) is 12.2 Å². The first-order chi connectivity index (χ1) is 6.27. The maximum absolute atomic E-state index is 2.51. The summed E-state index contributed by atoms with van der Waals surface area (Å²) < 4.78 is 0. The molecule has 6 atom stereocenters. The van der Waals surface area contributed by atoms with Crippen molar-refractivity contribution >= 4 is 0 Å². The van der Waals surface area contributed by atoms with E-state index in [1.54, 1.807) is 0 Å². The molecule has 2 saturated carbocycles.